The molecule has 0 bridgehead atoms. The van der Waals surface area contributed by atoms with Gasteiger partial charge in [-0.1, -0.05) is 18.2 Å². The molecule has 0 aliphatic heterocycles. The molecule has 0 aliphatic rings. The Morgan fingerprint density at radius 3 is 2.63 bits per heavy atom. The highest BCUT2D eigenvalue weighted by molar-refractivity contribution is 6.07. The number of rotatable bonds is 6. The number of nitrogens with zero attached hydrogens (tertiary/aromatic N) is 2. The summed E-state index contributed by atoms with van der Waals surface area (Å²) in [6.07, 6.45) is 1.13. The van der Waals surface area contributed by atoms with Crippen molar-refractivity contribution in [2.45, 2.75) is 0 Å². The van der Waals surface area contributed by atoms with Crippen LogP contribution in [0, 0.1) is 21.4 Å². The van der Waals surface area contributed by atoms with Gasteiger partial charge in [0, 0.05) is 24.0 Å². The molecule has 136 valence electrons. The Hall–Kier alpha value is -4.19. The van der Waals surface area contributed by atoms with E-state index in [1.807, 2.05) is 0 Å². The van der Waals surface area contributed by atoms with Crippen LogP contribution in [-0.2, 0) is 9.53 Å². The molecule has 27 heavy (non-hydrogen) atoms. The second kappa shape index (κ2) is 8.77. The van der Waals surface area contributed by atoms with E-state index < -0.39 is 16.8 Å². The predicted molar refractivity (Wildman–Crippen MR) is 96.8 cm³/mol. The molecule has 1 amide bonds. The summed E-state index contributed by atoms with van der Waals surface area (Å²) in [5, 5.41) is 25.1. The van der Waals surface area contributed by atoms with Gasteiger partial charge in [0.15, 0.2) is 0 Å². The van der Waals surface area contributed by atoms with Crippen LogP contribution in [0.25, 0.3) is 0 Å². The molecular weight excluding hydrogens is 352 g/mol. The van der Waals surface area contributed by atoms with Crippen molar-refractivity contribution in [2.24, 2.45) is 0 Å². The molecule has 0 heterocycles. The molecule has 2 aromatic carbocycles. The SMILES string of the molecule is COC(=O)c1ccccc1N/C=C(/C#N)C(=O)Nc1cccc([N+](=O)[O-])c1. The van der Waals surface area contributed by atoms with Crippen LogP contribution in [0.5, 0.6) is 0 Å². The van der Waals surface area contributed by atoms with E-state index in [1.54, 1.807) is 24.3 Å². The molecule has 9 heteroatoms. The Morgan fingerprint density at radius 2 is 1.96 bits per heavy atom. The van der Waals surface area contributed by atoms with Gasteiger partial charge in [-0.15, -0.1) is 0 Å². The average molecular weight is 366 g/mol. The number of amides is 1. The Kier molecular flexibility index (Phi) is 6.22. The quantitative estimate of drug-likeness (QED) is 0.264. The van der Waals surface area contributed by atoms with Crippen LogP contribution in [0.4, 0.5) is 17.1 Å². The number of ether oxygens (including phenoxy) is 1. The maximum atomic E-state index is 12.2. The summed E-state index contributed by atoms with van der Waals surface area (Å²) in [4.78, 5) is 34.1. The first-order valence-electron chi connectivity index (χ1n) is 7.56. The minimum Gasteiger partial charge on any atom is -0.465 e. The first kappa shape index (κ1) is 19.1. The summed E-state index contributed by atoms with van der Waals surface area (Å²) in [7, 11) is 1.24. The van der Waals surface area contributed by atoms with E-state index in [0.29, 0.717) is 5.69 Å². The average Bonchev–Trinajstić information content (AvgIpc) is 2.68. The van der Waals surface area contributed by atoms with Crippen LogP contribution in [0.2, 0.25) is 0 Å². The molecular formula is C18H14N4O5. The van der Waals surface area contributed by atoms with E-state index in [4.69, 9.17) is 0 Å². The summed E-state index contributed by atoms with van der Waals surface area (Å²) >= 11 is 0. The Labute approximate surface area is 154 Å². The van der Waals surface area contributed by atoms with Gasteiger partial charge in [-0.3, -0.25) is 14.9 Å². The van der Waals surface area contributed by atoms with Crippen molar-refractivity contribution in [1.82, 2.24) is 0 Å². The van der Waals surface area contributed by atoms with Crippen molar-refractivity contribution in [3.63, 3.8) is 0 Å². The summed E-state index contributed by atoms with van der Waals surface area (Å²) in [6, 6.07) is 13.5. The lowest BCUT2D eigenvalue weighted by atomic mass is 10.2. The lowest BCUT2D eigenvalue weighted by Gasteiger charge is -2.08. The number of nitro benzene ring substituents is 1. The van der Waals surface area contributed by atoms with Crippen LogP contribution in [0.1, 0.15) is 10.4 Å². The Balaban J connectivity index is 2.18. The predicted octanol–water partition coefficient (Wildman–Crippen LogP) is 2.84. The molecule has 2 N–H and O–H groups in total. The fourth-order valence-corrected chi connectivity index (χ4v) is 2.09. The maximum Gasteiger partial charge on any atom is 0.339 e. The Morgan fingerprint density at radius 1 is 1.22 bits per heavy atom. The van der Waals surface area contributed by atoms with E-state index in [-0.39, 0.29) is 22.5 Å². The highest BCUT2D eigenvalue weighted by atomic mass is 16.6. The Bertz CT molecular complexity index is 962. The first-order valence-corrected chi connectivity index (χ1v) is 7.56. The van der Waals surface area contributed by atoms with Gasteiger partial charge in [-0.25, -0.2) is 4.79 Å². The lowest BCUT2D eigenvalue weighted by Crippen LogP contribution is -2.15. The van der Waals surface area contributed by atoms with Crippen LogP contribution >= 0.6 is 0 Å². The monoisotopic (exact) mass is 366 g/mol. The molecule has 0 spiro atoms. The number of nitriles is 1. The zero-order chi connectivity index (χ0) is 19.8. The van der Waals surface area contributed by atoms with Crippen molar-refractivity contribution < 1.29 is 19.2 Å². The molecule has 0 saturated carbocycles. The minimum atomic E-state index is -0.763. The lowest BCUT2D eigenvalue weighted by molar-refractivity contribution is -0.384. The smallest absolute Gasteiger partial charge is 0.339 e. The third-order valence-electron chi connectivity index (χ3n) is 3.38. The largest absolute Gasteiger partial charge is 0.465 e. The molecule has 9 nitrogen and oxygen atoms in total. The number of nitrogens with one attached hydrogen (secondary N) is 2. The number of carbonyl (C=O) groups is 2. The number of hydrogen-bond acceptors (Lipinski definition) is 7. The number of benzene rings is 2. The zero-order valence-electron chi connectivity index (χ0n) is 14.1. The van der Waals surface area contributed by atoms with Gasteiger partial charge in [0.1, 0.15) is 11.6 Å². The van der Waals surface area contributed by atoms with Crippen LogP contribution < -0.4 is 10.6 Å². The van der Waals surface area contributed by atoms with Gasteiger partial charge in [0.25, 0.3) is 11.6 Å². The number of hydrogen-bond donors (Lipinski definition) is 2. The topological polar surface area (TPSA) is 134 Å². The molecule has 0 aromatic heterocycles. The van der Waals surface area contributed by atoms with Crippen LogP contribution in [-0.4, -0.2) is 23.9 Å². The molecule has 0 atom stereocenters. The number of para-hydroxylation sites is 1. The molecule has 0 saturated heterocycles. The van der Waals surface area contributed by atoms with E-state index in [9.17, 15) is 25.0 Å². The molecule has 0 fully saturated rings. The number of carbonyl (C=O) groups excluding carboxylic acids is 2. The van der Waals surface area contributed by atoms with Crippen LogP contribution in [0.3, 0.4) is 0 Å². The van der Waals surface area contributed by atoms with E-state index >= 15 is 0 Å². The third-order valence-corrected chi connectivity index (χ3v) is 3.38. The summed E-state index contributed by atoms with van der Waals surface area (Å²) in [5.74, 6) is -1.34. The summed E-state index contributed by atoms with van der Waals surface area (Å²) in [6.45, 7) is 0. The number of anilines is 2. The minimum absolute atomic E-state index is 0.172. The third kappa shape index (κ3) is 4.90. The summed E-state index contributed by atoms with van der Waals surface area (Å²) < 4.78 is 4.67. The van der Waals surface area contributed by atoms with E-state index in [0.717, 1.165) is 6.20 Å². The van der Waals surface area contributed by atoms with E-state index in [2.05, 4.69) is 15.4 Å². The number of non-ortho nitro benzene ring substituents is 1. The van der Waals surface area contributed by atoms with Gasteiger partial charge in [-0.05, 0) is 18.2 Å². The van der Waals surface area contributed by atoms with Gasteiger partial charge < -0.3 is 15.4 Å². The van der Waals surface area contributed by atoms with Crippen molar-refractivity contribution in [2.75, 3.05) is 17.7 Å². The molecule has 0 radical (unpaired) electrons. The second-order valence-corrected chi connectivity index (χ2v) is 5.11. The van der Waals surface area contributed by atoms with Crippen LogP contribution in [0.15, 0.2) is 60.3 Å². The molecule has 0 unspecified atom stereocenters. The number of nitro groups is 1. The van der Waals surface area contributed by atoms with Crippen molar-refractivity contribution in [3.8, 4) is 6.07 Å². The second-order valence-electron chi connectivity index (χ2n) is 5.11. The maximum absolute atomic E-state index is 12.2. The summed E-state index contributed by atoms with van der Waals surface area (Å²) in [5.41, 5.74) is 0.264. The van der Waals surface area contributed by atoms with Gasteiger partial charge in [-0.2, -0.15) is 5.26 Å². The fourth-order valence-electron chi connectivity index (χ4n) is 2.09. The number of methoxy groups -OCH3 is 1. The molecule has 2 rings (SSSR count). The molecule has 0 aliphatic carbocycles. The molecule has 2 aromatic rings. The van der Waals surface area contributed by atoms with Gasteiger partial charge >= 0.3 is 5.97 Å². The normalized spacial score (nSPS) is 10.4. The number of esters is 1. The van der Waals surface area contributed by atoms with E-state index in [1.165, 1.54) is 37.4 Å². The fraction of sp³-hybridized carbons (Fsp3) is 0.0556. The van der Waals surface area contributed by atoms with Crippen molar-refractivity contribution in [3.05, 3.63) is 76.0 Å². The van der Waals surface area contributed by atoms with Gasteiger partial charge in [0.2, 0.25) is 0 Å². The standard InChI is InChI=1S/C18H14N4O5/c1-27-18(24)15-7-2-3-8-16(15)20-11-12(10-19)17(23)21-13-5-4-6-14(9-13)22(25)26/h2-9,11,20H,1H3,(H,21,23)/b12-11-. The van der Waals surface area contributed by atoms with Gasteiger partial charge in [0.05, 0.1) is 23.3 Å². The zero-order valence-corrected chi connectivity index (χ0v) is 14.1. The highest BCUT2D eigenvalue weighted by Gasteiger charge is 2.14. The first-order chi connectivity index (χ1) is 13.0. The van der Waals surface area contributed by atoms with Crippen molar-refractivity contribution in [1.29, 1.82) is 5.26 Å². The van der Waals surface area contributed by atoms with Crippen molar-refractivity contribution >= 4 is 28.9 Å². The highest BCUT2D eigenvalue weighted by Crippen LogP contribution is 2.19.